The molecule has 19 heavy (non-hydrogen) atoms. The average Bonchev–Trinajstić information content (AvgIpc) is 2.98. The van der Waals surface area contributed by atoms with Gasteiger partial charge >= 0.3 is 0 Å². The molecule has 0 atom stereocenters. The van der Waals surface area contributed by atoms with Gasteiger partial charge in [-0.1, -0.05) is 30.3 Å². The molecule has 2 aromatic carbocycles. The first-order valence-corrected chi connectivity index (χ1v) is 5.91. The zero-order valence-electron chi connectivity index (χ0n) is 10.4. The minimum absolute atomic E-state index is 0.455. The lowest BCUT2D eigenvalue weighted by Gasteiger charge is -2.03. The number of para-hydroxylation sites is 1. The van der Waals surface area contributed by atoms with E-state index in [1.807, 2.05) is 54.6 Å². The Morgan fingerprint density at radius 2 is 1.53 bits per heavy atom. The molecule has 0 amide bonds. The van der Waals surface area contributed by atoms with Gasteiger partial charge in [0, 0.05) is 5.56 Å². The molecule has 0 saturated heterocycles. The third-order valence-electron chi connectivity index (χ3n) is 2.78. The van der Waals surface area contributed by atoms with Crippen molar-refractivity contribution in [3.05, 3.63) is 54.6 Å². The summed E-state index contributed by atoms with van der Waals surface area (Å²) in [4.78, 5) is 0. The van der Waals surface area contributed by atoms with E-state index >= 15 is 0 Å². The van der Waals surface area contributed by atoms with Gasteiger partial charge < -0.3 is 9.15 Å². The fourth-order valence-electron chi connectivity index (χ4n) is 1.85. The lowest BCUT2D eigenvalue weighted by Crippen LogP contribution is -1.87. The quantitative estimate of drug-likeness (QED) is 0.716. The summed E-state index contributed by atoms with van der Waals surface area (Å²) in [5.41, 5.74) is 1.69. The van der Waals surface area contributed by atoms with Crippen LogP contribution in [-0.2, 0) is 0 Å². The van der Waals surface area contributed by atoms with Crippen LogP contribution in [-0.4, -0.2) is 17.3 Å². The van der Waals surface area contributed by atoms with Crippen molar-refractivity contribution in [1.82, 2.24) is 10.2 Å². The normalized spacial score (nSPS) is 10.4. The van der Waals surface area contributed by atoms with Crippen LogP contribution >= 0.6 is 0 Å². The van der Waals surface area contributed by atoms with Crippen LogP contribution in [0.25, 0.3) is 22.9 Å². The Kier molecular flexibility index (Phi) is 2.98. The van der Waals surface area contributed by atoms with E-state index in [4.69, 9.17) is 9.15 Å². The number of methoxy groups -OCH3 is 1. The highest BCUT2D eigenvalue weighted by atomic mass is 16.5. The van der Waals surface area contributed by atoms with Crippen LogP contribution in [0.2, 0.25) is 0 Å². The molecule has 4 heteroatoms. The molecule has 3 rings (SSSR count). The molecule has 0 aliphatic heterocycles. The second-order valence-electron chi connectivity index (χ2n) is 3.98. The maximum atomic E-state index is 5.70. The zero-order chi connectivity index (χ0) is 13.1. The van der Waals surface area contributed by atoms with Gasteiger partial charge in [0.15, 0.2) is 0 Å². The monoisotopic (exact) mass is 252 g/mol. The highest BCUT2D eigenvalue weighted by Gasteiger charge is 2.13. The lowest BCUT2D eigenvalue weighted by atomic mass is 10.2. The van der Waals surface area contributed by atoms with E-state index in [-0.39, 0.29) is 0 Å². The molecule has 0 saturated carbocycles. The smallest absolute Gasteiger partial charge is 0.251 e. The van der Waals surface area contributed by atoms with E-state index in [2.05, 4.69) is 10.2 Å². The minimum atomic E-state index is 0.455. The Morgan fingerprint density at radius 3 is 2.32 bits per heavy atom. The molecule has 3 aromatic rings. The molecule has 0 radical (unpaired) electrons. The number of benzene rings is 2. The summed E-state index contributed by atoms with van der Waals surface area (Å²) in [5.74, 6) is 1.67. The van der Waals surface area contributed by atoms with Gasteiger partial charge in [0.25, 0.3) is 5.89 Å². The summed E-state index contributed by atoms with van der Waals surface area (Å²) >= 11 is 0. The van der Waals surface area contributed by atoms with Gasteiger partial charge in [-0.05, 0) is 24.3 Å². The van der Waals surface area contributed by atoms with E-state index in [0.29, 0.717) is 17.5 Å². The molecule has 0 unspecified atom stereocenters. The second kappa shape index (κ2) is 4.94. The van der Waals surface area contributed by atoms with Crippen molar-refractivity contribution in [3.63, 3.8) is 0 Å². The van der Waals surface area contributed by atoms with Crippen molar-refractivity contribution >= 4 is 0 Å². The minimum Gasteiger partial charge on any atom is -0.496 e. The summed E-state index contributed by atoms with van der Waals surface area (Å²) < 4.78 is 11.0. The van der Waals surface area contributed by atoms with Gasteiger partial charge in [0.1, 0.15) is 5.75 Å². The zero-order valence-corrected chi connectivity index (χ0v) is 10.4. The van der Waals surface area contributed by atoms with Crippen molar-refractivity contribution in [3.8, 4) is 28.7 Å². The van der Waals surface area contributed by atoms with E-state index in [9.17, 15) is 0 Å². The summed E-state index contributed by atoms with van der Waals surface area (Å²) in [5, 5.41) is 8.14. The van der Waals surface area contributed by atoms with Crippen LogP contribution in [0.1, 0.15) is 0 Å². The molecular weight excluding hydrogens is 240 g/mol. The summed E-state index contributed by atoms with van der Waals surface area (Å²) in [6.45, 7) is 0. The highest BCUT2D eigenvalue weighted by molar-refractivity contribution is 5.64. The number of hydrogen-bond donors (Lipinski definition) is 0. The van der Waals surface area contributed by atoms with E-state index < -0.39 is 0 Å². The Balaban J connectivity index is 2.02. The molecule has 1 heterocycles. The van der Waals surface area contributed by atoms with Gasteiger partial charge in [0.05, 0.1) is 12.7 Å². The Hall–Kier alpha value is -2.62. The Bertz CT molecular complexity index is 677. The number of aromatic nitrogens is 2. The molecule has 0 bridgehead atoms. The van der Waals surface area contributed by atoms with Crippen molar-refractivity contribution in [2.75, 3.05) is 7.11 Å². The predicted octanol–water partition coefficient (Wildman–Crippen LogP) is 3.41. The molecule has 0 aliphatic carbocycles. The molecule has 94 valence electrons. The summed E-state index contributed by atoms with van der Waals surface area (Å²) in [6.07, 6.45) is 0. The molecular formula is C15H12N2O2. The number of ether oxygens (including phenoxy) is 1. The maximum absolute atomic E-state index is 5.70. The molecule has 0 spiro atoms. The molecule has 0 aliphatic rings. The van der Waals surface area contributed by atoms with Crippen molar-refractivity contribution in [1.29, 1.82) is 0 Å². The van der Waals surface area contributed by atoms with Gasteiger partial charge in [-0.25, -0.2) is 0 Å². The lowest BCUT2D eigenvalue weighted by molar-refractivity contribution is 0.414. The fraction of sp³-hybridized carbons (Fsp3) is 0.0667. The molecule has 0 fully saturated rings. The maximum Gasteiger partial charge on any atom is 0.251 e. The standard InChI is InChI=1S/C15H12N2O2/c1-18-13-10-6-5-9-12(13)15-17-16-14(19-15)11-7-3-2-4-8-11/h2-10H,1H3. The van der Waals surface area contributed by atoms with Crippen LogP contribution in [0.3, 0.4) is 0 Å². The first-order chi connectivity index (χ1) is 9.38. The van der Waals surface area contributed by atoms with Crippen LogP contribution in [0.5, 0.6) is 5.75 Å². The van der Waals surface area contributed by atoms with Crippen molar-refractivity contribution in [2.45, 2.75) is 0 Å². The third-order valence-corrected chi connectivity index (χ3v) is 2.78. The SMILES string of the molecule is COc1ccccc1-c1nnc(-c2ccccc2)o1. The Labute approximate surface area is 110 Å². The third kappa shape index (κ3) is 2.20. The van der Waals surface area contributed by atoms with Crippen LogP contribution in [0, 0.1) is 0 Å². The molecule has 4 nitrogen and oxygen atoms in total. The van der Waals surface area contributed by atoms with Crippen molar-refractivity contribution < 1.29 is 9.15 Å². The highest BCUT2D eigenvalue weighted by Crippen LogP contribution is 2.30. The average molecular weight is 252 g/mol. The van der Waals surface area contributed by atoms with Gasteiger partial charge in [0.2, 0.25) is 5.89 Å². The predicted molar refractivity (Wildman–Crippen MR) is 71.7 cm³/mol. The summed E-state index contributed by atoms with van der Waals surface area (Å²) in [7, 11) is 1.62. The van der Waals surface area contributed by atoms with Crippen LogP contribution < -0.4 is 4.74 Å². The largest absolute Gasteiger partial charge is 0.496 e. The van der Waals surface area contributed by atoms with E-state index in [0.717, 1.165) is 11.1 Å². The number of rotatable bonds is 3. The van der Waals surface area contributed by atoms with E-state index in [1.165, 1.54) is 0 Å². The van der Waals surface area contributed by atoms with Gasteiger partial charge in [-0.3, -0.25) is 0 Å². The first-order valence-electron chi connectivity index (χ1n) is 5.91. The fourth-order valence-corrected chi connectivity index (χ4v) is 1.85. The van der Waals surface area contributed by atoms with Crippen molar-refractivity contribution in [2.24, 2.45) is 0 Å². The number of nitrogens with zero attached hydrogens (tertiary/aromatic N) is 2. The first kappa shape index (κ1) is 11.5. The van der Waals surface area contributed by atoms with Gasteiger partial charge in [-0.15, -0.1) is 10.2 Å². The number of hydrogen-bond acceptors (Lipinski definition) is 4. The van der Waals surface area contributed by atoms with Crippen LogP contribution in [0.4, 0.5) is 0 Å². The van der Waals surface area contributed by atoms with Crippen LogP contribution in [0.15, 0.2) is 59.0 Å². The van der Waals surface area contributed by atoms with E-state index in [1.54, 1.807) is 7.11 Å². The van der Waals surface area contributed by atoms with Gasteiger partial charge in [-0.2, -0.15) is 0 Å². The molecule has 0 N–H and O–H groups in total. The second-order valence-corrected chi connectivity index (χ2v) is 3.98. The topological polar surface area (TPSA) is 48.2 Å². The summed E-state index contributed by atoms with van der Waals surface area (Å²) in [6, 6.07) is 17.2. The molecule has 1 aromatic heterocycles. The Morgan fingerprint density at radius 1 is 0.842 bits per heavy atom.